The lowest BCUT2D eigenvalue weighted by Gasteiger charge is -2.09. The second kappa shape index (κ2) is 10.1. The molecule has 1 amide bonds. The van der Waals surface area contributed by atoms with Crippen molar-refractivity contribution >= 4 is 29.2 Å². The van der Waals surface area contributed by atoms with Crippen LogP contribution in [0.5, 0.6) is 5.75 Å². The maximum absolute atomic E-state index is 12.7. The maximum Gasteiger partial charge on any atom is 0.361 e. The van der Waals surface area contributed by atoms with E-state index in [9.17, 15) is 9.59 Å². The minimum atomic E-state index is -0.578. The number of hydrogen-bond acceptors (Lipinski definition) is 5. The van der Waals surface area contributed by atoms with Gasteiger partial charge < -0.3 is 14.8 Å². The third kappa shape index (κ3) is 6.08. The molecule has 0 saturated heterocycles. The summed E-state index contributed by atoms with van der Waals surface area (Å²) in [4.78, 5) is 25.0. The summed E-state index contributed by atoms with van der Waals surface area (Å²) < 4.78 is 12.5. The number of hydrogen-bond donors (Lipinski definition) is 1. The number of nitrogens with one attached hydrogen (secondary N) is 1. The van der Waals surface area contributed by atoms with Gasteiger partial charge in [0.2, 0.25) is 0 Å². The fourth-order valence-electron chi connectivity index (χ4n) is 2.77. The van der Waals surface area contributed by atoms with Crippen LogP contribution in [0, 0.1) is 0 Å². The van der Waals surface area contributed by atoms with Crippen LogP contribution in [0.1, 0.15) is 47.2 Å². The van der Waals surface area contributed by atoms with Gasteiger partial charge >= 0.3 is 5.97 Å². The number of benzene rings is 2. The molecule has 0 atom stereocenters. The predicted molar refractivity (Wildman–Crippen MR) is 119 cm³/mol. The molecule has 0 aliphatic carbocycles. The molecule has 1 N–H and O–H groups in total. The molecule has 0 unspecified atom stereocenters. The van der Waals surface area contributed by atoms with Crippen molar-refractivity contribution in [2.75, 3.05) is 5.32 Å². The van der Waals surface area contributed by atoms with E-state index in [1.54, 1.807) is 49.0 Å². The summed E-state index contributed by atoms with van der Waals surface area (Å²) in [5.74, 6) is -0.259. The fourth-order valence-corrected chi connectivity index (χ4v) is 2.95. The van der Waals surface area contributed by atoms with Gasteiger partial charge in [0.25, 0.3) is 5.91 Å². The summed E-state index contributed by atoms with van der Waals surface area (Å²) >= 11 is 5.96. The SMILES string of the molecule is CCn1cc(NC(=O)c2ccc(COc3cccc(Cl)c3)cc2)c(C(=O)OC(C)C)n1. The Hall–Kier alpha value is -3.32. The number of aryl methyl sites for hydroxylation is 1. The fraction of sp³-hybridized carbons (Fsp3) is 0.261. The molecule has 1 heterocycles. The molecule has 3 rings (SSSR count). The van der Waals surface area contributed by atoms with E-state index in [2.05, 4.69) is 10.4 Å². The number of ether oxygens (including phenoxy) is 2. The Bertz CT molecular complexity index is 1060. The number of halogens is 1. The molecule has 0 aliphatic rings. The summed E-state index contributed by atoms with van der Waals surface area (Å²) in [7, 11) is 0. The van der Waals surface area contributed by atoms with Crippen LogP contribution in [0.25, 0.3) is 0 Å². The van der Waals surface area contributed by atoms with Crippen LogP contribution in [0.2, 0.25) is 5.02 Å². The molecule has 31 heavy (non-hydrogen) atoms. The van der Waals surface area contributed by atoms with Gasteiger partial charge in [-0.15, -0.1) is 0 Å². The van der Waals surface area contributed by atoms with Crippen molar-refractivity contribution < 1.29 is 19.1 Å². The molecule has 0 bridgehead atoms. The van der Waals surface area contributed by atoms with E-state index in [0.717, 1.165) is 5.56 Å². The van der Waals surface area contributed by atoms with Crippen LogP contribution >= 0.6 is 11.6 Å². The highest BCUT2D eigenvalue weighted by Crippen LogP contribution is 2.20. The van der Waals surface area contributed by atoms with Gasteiger partial charge in [-0.1, -0.05) is 29.8 Å². The Morgan fingerprint density at radius 2 is 1.90 bits per heavy atom. The standard InChI is InChI=1S/C23H24ClN3O4/c1-4-27-13-20(21(26-27)23(29)31-15(2)3)25-22(28)17-10-8-16(9-11-17)14-30-19-7-5-6-18(24)12-19/h5-13,15H,4,14H2,1-3H3,(H,25,28). The van der Waals surface area contributed by atoms with Gasteiger partial charge in [0.15, 0.2) is 5.69 Å². The largest absolute Gasteiger partial charge is 0.489 e. The second-order valence-electron chi connectivity index (χ2n) is 7.10. The molecule has 8 heteroatoms. The molecule has 0 aliphatic heterocycles. The molecule has 0 spiro atoms. The lowest BCUT2D eigenvalue weighted by Crippen LogP contribution is -2.17. The Morgan fingerprint density at radius 3 is 2.55 bits per heavy atom. The Labute approximate surface area is 185 Å². The Morgan fingerprint density at radius 1 is 1.16 bits per heavy atom. The number of amides is 1. The third-order valence-corrected chi connectivity index (χ3v) is 4.52. The van der Waals surface area contributed by atoms with Crippen LogP contribution in [0.3, 0.4) is 0 Å². The zero-order chi connectivity index (χ0) is 22.4. The van der Waals surface area contributed by atoms with Gasteiger partial charge in [0, 0.05) is 23.3 Å². The van der Waals surface area contributed by atoms with E-state index >= 15 is 0 Å². The van der Waals surface area contributed by atoms with Gasteiger partial charge in [-0.3, -0.25) is 9.48 Å². The minimum absolute atomic E-state index is 0.0791. The van der Waals surface area contributed by atoms with Crippen molar-refractivity contribution in [1.82, 2.24) is 9.78 Å². The summed E-state index contributed by atoms with van der Waals surface area (Å²) in [5, 5.41) is 7.56. The highest BCUT2D eigenvalue weighted by Gasteiger charge is 2.21. The first-order valence-corrected chi connectivity index (χ1v) is 10.3. The van der Waals surface area contributed by atoms with E-state index in [4.69, 9.17) is 21.1 Å². The molecular weight excluding hydrogens is 418 g/mol. The number of carbonyl (C=O) groups excluding carboxylic acids is 2. The number of nitrogens with zero attached hydrogens (tertiary/aromatic N) is 2. The highest BCUT2D eigenvalue weighted by molar-refractivity contribution is 6.30. The van der Waals surface area contributed by atoms with Crippen molar-refractivity contribution in [2.45, 2.75) is 40.0 Å². The van der Waals surface area contributed by atoms with Crippen molar-refractivity contribution in [1.29, 1.82) is 0 Å². The van der Waals surface area contributed by atoms with E-state index in [0.29, 0.717) is 35.2 Å². The number of rotatable bonds is 8. The second-order valence-corrected chi connectivity index (χ2v) is 7.53. The lowest BCUT2D eigenvalue weighted by molar-refractivity contribution is 0.0371. The molecular formula is C23H24ClN3O4. The topological polar surface area (TPSA) is 82.5 Å². The smallest absolute Gasteiger partial charge is 0.361 e. The van der Waals surface area contributed by atoms with Crippen molar-refractivity contribution in [3.05, 3.63) is 76.6 Å². The quantitative estimate of drug-likeness (QED) is 0.500. The molecule has 0 radical (unpaired) electrons. The van der Waals surface area contributed by atoms with Crippen molar-refractivity contribution in [3.8, 4) is 5.75 Å². The van der Waals surface area contributed by atoms with Gasteiger partial charge in [0.05, 0.1) is 11.8 Å². The van der Waals surface area contributed by atoms with Gasteiger partial charge in [0.1, 0.15) is 12.4 Å². The van der Waals surface area contributed by atoms with Crippen LogP contribution < -0.4 is 10.1 Å². The Kier molecular flexibility index (Phi) is 7.31. The van der Waals surface area contributed by atoms with Crippen molar-refractivity contribution in [3.63, 3.8) is 0 Å². The first-order valence-electron chi connectivity index (χ1n) is 9.92. The number of aromatic nitrogens is 2. The first kappa shape index (κ1) is 22.4. The summed E-state index contributed by atoms with van der Waals surface area (Å²) in [6.45, 7) is 6.30. The van der Waals surface area contributed by atoms with Crippen molar-refractivity contribution in [2.24, 2.45) is 0 Å². The molecule has 0 saturated carbocycles. The monoisotopic (exact) mass is 441 g/mol. The zero-order valence-electron chi connectivity index (χ0n) is 17.6. The van der Waals surface area contributed by atoms with Gasteiger partial charge in [-0.05, 0) is 56.7 Å². The third-order valence-electron chi connectivity index (χ3n) is 4.29. The van der Waals surface area contributed by atoms with Gasteiger partial charge in [-0.2, -0.15) is 5.10 Å². The highest BCUT2D eigenvalue weighted by atomic mass is 35.5. The van der Waals surface area contributed by atoms with Gasteiger partial charge in [-0.25, -0.2) is 4.79 Å². The van der Waals surface area contributed by atoms with Crippen LogP contribution in [0.15, 0.2) is 54.7 Å². The summed E-state index contributed by atoms with van der Waals surface area (Å²) in [6.07, 6.45) is 1.33. The minimum Gasteiger partial charge on any atom is -0.489 e. The summed E-state index contributed by atoms with van der Waals surface area (Å²) in [5.41, 5.74) is 1.73. The number of anilines is 1. The van der Waals surface area contributed by atoms with E-state index in [-0.39, 0.29) is 17.7 Å². The lowest BCUT2D eigenvalue weighted by atomic mass is 10.1. The van der Waals surface area contributed by atoms with E-state index in [1.807, 2.05) is 31.2 Å². The molecule has 7 nitrogen and oxygen atoms in total. The first-order chi connectivity index (χ1) is 14.9. The molecule has 0 fully saturated rings. The Balaban J connectivity index is 1.67. The van der Waals surface area contributed by atoms with E-state index in [1.165, 1.54) is 0 Å². The summed E-state index contributed by atoms with van der Waals surface area (Å²) in [6, 6.07) is 14.2. The van der Waals surface area contributed by atoms with Crippen LogP contribution in [-0.4, -0.2) is 27.8 Å². The van der Waals surface area contributed by atoms with Crippen LogP contribution in [0.4, 0.5) is 5.69 Å². The predicted octanol–water partition coefficient (Wildman–Crippen LogP) is 4.95. The molecule has 3 aromatic rings. The molecule has 1 aromatic heterocycles. The molecule has 2 aromatic carbocycles. The average molecular weight is 442 g/mol. The number of carbonyl (C=O) groups is 2. The van der Waals surface area contributed by atoms with E-state index < -0.39 is 5.97 Å². The van der Waals surface area contributed by atoms with Crippen LogP contribution in [-0.2, 0) is 17.9 Å². The molecule has 162 valence electrons. The normalized spacial score (nSPS) is 10.7. The maximum atomic E-state index is 12.7. The number of esters is 1. The average Bonchev–Trinajstić information content (AvgIpc) is 3.15. The zero-order valence-corrected chi connectivity index (χ0v) is 18.3.